The SMILES string of the molecule is C=CCOC(=O)C(CC)(CCC(C)(C)C)C(=O)OCC=C. The molecule has 0 saturated carbocycles. The number of hydrogen-bond acceptors (Lipinski definition) is 4. The summed E-state index contributed by atoms with van der Waals surface area (Å²) in [4.78, 5) is 24.8. The van der Waals surface area contributed by atoms with Crippen molar-refractivity contribution in [1.29, 1.82) is 0 Å². The Kier molecular flexibility index (Phi) is 8.00. The minimum absolute atomic E-state index is 0.0118. The van der Waals surface area contributed by atoms with Crippen molar-refractivity contribution >= 4 is 11.9 Å². The van der Waals surface area contributed by atoms with E-state index in [1.54, 1.807) is 6.92 Å². The van der Waals surface area contributed by atoms with Gasteiger partial charge in [0.15, 0.2) is 5.41 Å². The molecular weight excluding hydrogens is 268 g/mol. The first-order chi connectivity index (χ1) is 9.73. The summed E-state index contributed by atoms with van der Waals surface area (Å²) in [5.74, 6) is -1.08. The Hall–Kier alpha value is -1.58. The molecule has 0 radical (unpaired) electrons. The van der Waals surface area contributed by atoms with Crippen LogP contribution in [0.1, 0.15) is 47.0 Å². The lowest BCUT2D eigenvalue weighted by Crippen LogP contribution is -2.42. The molecule has 0 spiro atoms. The minimum atomic E-state index is -1.25. The number of carbonyl (C=O) groups is 2. The highest BCUT2D eigenvalue weighted by atomic mass is 16.6. The van der Waals surface area contributed by atoms with Crippen molar-refractivity contribution in [2.75, 3.05) is 13.2 Å². The Morgan fingerprint density at radius 2 is 1.38 bits per heavy atom. The van der Waals surface area contributed by atoms with Crippen LogP contribution in [0.15, 0.2) is 25.3 Å². The highest BCUT2D eigenvalue weighted by Gasteiger charge is 2.47. The van der Waals surface area contributed by atoms with Crippen LogP contribution in [0.5, 0.6) is 0 Å². The monoisotopic (exact) mass is 296 g/mol. The molecule has 0 aromatic heterocycles. The maximum Gasteiger partial charge on any atom is 0.323 e. The van der Waals surface area contributed by atoms with Crippen molar-refractivity contribution in [2.24, 2.45) is 10.8 Å². The summed E-state index contributed by atoms with van der Waals surface area (Å²) in [6.45, 7) is 15.2. The van der Waals surface area contributed by atoms with E-state index in [9.17, 15) is 9.59 Å². The highest BCUT2D eigenvalue weighted by Crippen LogP contribution is 2.36. The van der Waals surface area contributed by atoms with Crippen molar-refractivity contribution in [3.63, 3.8) is 0 Å². The van der Waals surface area contributed by atoms with Crippen LogP contribution in [-0.4, -0.2) is 25.2 Å². The summed E-state index contributed by atoms with van der Waals surface area (Å²) in [7, 11) is 0. The summed E-state index contributed by atoms with van der Waals surface area (Å²) in [6.07, 6.45) is 4.43. The Bertz CT molecular complexity index is 353. The maximum absolute atomic E-state index is 12.4. The van der Waals surface area contributed by atoms with Crippen molar-refractivity contribution in [3.8, 4) is 0 Å². The summed E-state index contributed by atoms with van der Waals surface area (Å²) < 4.78 is 10.3. The number of ether oxygens (including phenoxy) is 2. The van der Waals surface area contributed by atoms with Crippen LogP contribution in [0.3, 0.4) is 0 Å². The number of esters is 2. The molecule has 0 aromatic carbocycles. The van der Waals surface area contributed by atoms with Gasteiger partial charge in [-0.2, -0.15) is 0 Å². The minimum Gasteiger partial charge on any atom is -0.461 e. The van der Waals surface area contributed by atoms with Crippen molar-refractivity contribution < 1.29 is 19.1 Å². The number of hydrogen-bond donors (Lipinski definition) is 0. The molecule has 120 valence electrons. The quantitative estimate of drug-likeness (QED) is 0.370. The van der Waals surface area contributed by atoms with Crippen LogP contribution in [0.2, 0.25) is 0 Å². The van der Waals surface area contributed by atoms with E-state index >= 15 is 0 Å². The first kappa shape index (κ1) is 19.4. The van der Waals surface area contributed by atoms with Crippen LogP contribution in [-0.2, 0) is 19.1 Å². The smallest absolute Gasteiger partial charge is 0.323 e. The van der Waals surface area contributed by atoms with Gasteiger partial charge in [-0.3, -0.25) is 9.59 Å². The van der Waals surface area contributed by atoms with Gasteiger partial charge in [-0.05, 0) is 24.7 Å². The first-order valence-corrected chi connectivity index (χ1v) is 7.29. The first-order valence-electron chi connectivity index (χ1n) is 7.29. The predicted molar refractivity (Wildman–Crippen MR) is 83.7 cm³/mol. The maximum atomic E-state index is 12.4. The molecule has 0 heterocycles. The van der Waals surface area contributed by atoms with Crippen molar-refractivity contribution in [1.82, 2.24) is 0 Å². The van der Waals surface area contributed by atoms with E-state index in [0.717, 1.165) is 0 Å². The topological polar surface area (TPSA) is 52.6 Å². The number of carbonyl (C=O) groups excluding carboxylic acids is 2. The van der Waals surface area contributed by atoms with E-state index in [2.05, 4.69) is 33.9 Å². The predicted octanol–water partition coefficient (Wildman–Crippen LogP) is 3.67. The molecule has 0 saturated heterocycles. The lowest BCUT2D eigenvalue weighted by Gasteiger charge is -2.30. The second kappa shape index (κ2) is 8.65. The summed E-state index contributed by atoms with van der Waals surface area (Å²) in [6, 6.07) is 0. The Morgan fingerprint density at radius 1 is 0.952 bits per heavy atom. The average molecular weight is 296 g/mol. The van der Waals surface area contributed by atoms with E-state index in [4.69, 9.17) is 9.47 Å². The molecule has 0 fully saturated rings. The largest absolute Gasteiger partial charge is 0.461 e. The van der Waals surface area contributed by atoms with Crippen LogP contribution in [0.4, 0.5) is 0 Å². The second-order valence-corrected chi connectivity index (χ2v) is 6.27. The van der Waals surface area contributed by atoms with Crippen LogP contribution >= 0.6 is 0 Å². The van der Waals surface area contributed by atoms with E-state index in [-0.39, 0.29) is 18.6 Å². The molecule has 0 rings (SSSR count). The zero-order valence-electron chi connectivity index (χ0n) is 13.7. The lowest BCUT2D eigenvalue weighted by atomic mass is 9.75. The van der Waals surface area contributed by atoms with Gasteiger partial charge >= 0.3 is 11.9 Å². The van der Waals surface area contributed by atoms with E-state index in [1.165, 1.54) is 12.2 Å². The molecular formula is C17H28O4. The van der Waals surface area contributed by atoms with Gasteiger partial charge in [-0.15, -0.1) is 0 Å². The third kappa shape index (κ3) is 6.15. The summed E-state index contributed by atoms with van der Waals surface area (Å²) in [5.41, 5.74) is -1.24. The van der Waals surface area contributed by atoms with Gasteiger partial charge in [-0.25, -0.2) is 0 Å². The molecule has 0 aliphatic rings. The van der Waals surface area contributed by atoms with Crippen molar-refractivity contribution in [3.05, 3.63) is 25.3 Å². The fourth-order valence-electron chi connectivity index (χ4n) is 1.89. The van der Waals surface area contributed by atoms with Gasteiger partial charge in [0.2, 0.25) is 0 Å². The van der Waals surface area contributed by atoms with Gasteiger partial charge < -0.3 is 9.47 Å². The fraction of sp³-hybridized carbons (Fsp3) is 0.647. The third-order valence-electron chi connectivity index (χ3n) is 3.35. The molecule has 0 aliphatic carbocycles. The molecule has 21 heavy (non-hydrogen) atoms. The van der Waals surface area contributed by atoms with Gasteiger partial charge in [0.25, 0.3) is 0 Å². The molecule has 0 aromatic rings. The molecule has 0 amide bonds. The van der Waals surface area contributed by atoms with Crippen LogP contribution in [0.25, 0.3) is 0 Å². The Morgan fingerprint density at radius 3 is 1.67 bits per heavy atom. The van der Waals surface area contributed by atoms with E-state index < -0.39 is 17.4 Å². The van der Waals surface area contributed by atoms with E-state index in [0.29, 0.717) is 19.3 Å². The third-order valence-corrected chi connectivity index (χ3v) is 3.35. The van der Waals surface area contributed by atoms with E-state index in [1.807, 2.05) is 0 Å². The fourth-order valence-corrected chi connectivity index (χ4v) is 1.89. The Balaban J connectivity index is 5.25. The van der Waals surface area contributed by atoms with Gasteiger partial charge in [0, 0.05) is 0 Å². The molecule has 4 heteroatoms. The molecule has 0 bridgehead atoms. The molecule has 0 N–H and O–H groups in total. The summed E-state index contributed by atoms with van der Waals surface area (Å²) >= 11 is 0. The molecule has 4 nitrogen and oxygen atoms in total. The second-order valence-electron chi connectivity index (χ2n) is 6.27. The molecule has 0 atom stereocenters. The van der Waals surface area contributed by atoms with Gasteiger partial charge in [0.05, 0.1) is 0 Å². The Labute approximate surface area is 128 Å². The average Bonchev–Trinajstić information content (AvgIpc) is 2.42. The van der Waals surface area contributed by atoms with Crippen LogP contribution in [0, 0.1) is 10.8 Å². The number of rotatable bonds is 9. The normalized spacial score (nSPS) is 11.6. The van der Waals surface area contributed by atoms with Crippen molar-refractivity contribution in [2.45, 2.75) is 47.0 Å². The van der Waals surface area contributed by atoms with Crippen LogP contribution < -0.4 is 0 Å². The molecule has 0 aliphatic heterocycles. The van der Waals surface area contributed by atoms with Gasteiger partial charge in [0.1, 0.15) is 13.2 Å². The zero-order chi connectivity index (χ0) is 16.5. The summed E-state index contributed by atoms with van der Waals surface area (Å²) in [5, 5.41) is 0. The zero-order valence-corrected chi connectivity index (χ0v) is 13.7. The molecule has 0 unspecified atom stereocenters. The standard InChI is InChI=1S/C17H28O4/c1-7-12-20-14(18)17(9-3,11-10-16(4,5)6)15(19)21-13-8-2/h7-8H,1-2,9-13H2,3-6H3. The highest BCUT2D eigenvalue weighted by molar-refractivity contribution is 6.00. The van der Waals surface area contributed by atoms with Gasteiger partial charge in [-0.1, -0.05) is 53.0 Å². The lowest BCUT2D eigenvalue weighted by molar-refractivity contribution is -0.172.